The van der Waals surface area contributed by atoms with Crippen molar-refractivity contribution in [3.63, 3.8) is 0 Å². The van der Waals surface area contributed by atoms with Crippen molar-refractivity contribution < 1.29 is 9.47 Å². The molecule has 1 N–H and O–H groups in total. The molecule has 21 heavy (non-hydrogen) atoms. The van der Waals surface area contributed by atoms with Gasteiger partial charge in [-0.25, -0.2) is 4.98 Å². The molecule has 1 aliphatic heterocycles. The highest BCUT2D eigenvalue weighted by Gasteiger charge is 2.32. The van der Waals surface area contributed by atoms with Crippen LogP contribution in [0.3, 0.4) is 0 Å². The number of likely N-dealkylation sites (N-methyl/N-ethyl adjacent to an activating group) is 1. The van der Waals surface area contributed by atoms with Crippen LogP contribution in [-0.2, 0) is 4.74 Å². The first-order valence-corrected chi connectivity index (χ1v) is 7.61. The van der Waals surface area contributed by atoms with E-state index in [0.29, 0.717) is 11.9 Å². The summed E-state index contributed by atoms with van der Waals surface area (Å²) in [5, 5.41) is 3.47. The Bertz CT molecular complexity index is 441. The van der Waals surface area contributed by atoms with Gasteiger partial charge in [0.2, 0.25) is 5.88 Å². The number of rotatable bonds is 6. The van der Waals surface area contributed by atoms with E-state index < -0.39 is 0 Å². The van der Waals surface area contributed by atoms with Crippen molar-refractivity contribution in [2.75, 3.05) is 33.4 Å². The summed E-state index contributed by atoms with van der Waals surface area (Å²) in [4.78, 5) is 11.2. The third-order valence-electron chi connectivity index (χ3n) is 3.83. The lowest BCUT2D eigenvalue weighted by Gasteiger charge is -2.39. The smallest absolute Gasteiger partial charge is 0.237 e. The van der Waals surface area contributed by atoms with Crippen LogP contribution < -0.4 is 10.1 Å². The maximum Gasteiger partial charge on any atom is 0.237 e. The summed E-state index contributed by atoms with van der Waals surface area (Å²) < 4.78 is 11.4. The van der Waals surface area contributed by atoms with E-state index in [-0.39, 0.29) is 12.1 Å². The van der Waals surface area contributed by atoms with Gasteiger partial charge in [0.05, 0.1) is 25.9 Å². The van der Waals surface area contributed by atoms with E-state index in [1.54, 1.807) is 19.5 Å². The number of ether oxygens (including phenoxy) is 2. The standard InChI is InChI=1S/C15H26N4O2/c1-5-16-13(14-15(20-4)18-7-6-17-14)12-10-19(11(2)3)8-9-21-12/h6-7,11-13,16H,5,8-10H2,1-4H3. The molecule has 1 fully saturated rings. The largest absolute Gasteiger partial charge is 0.480 e. The van der Waals surface area contributed by atoms with Crippen LogP contribution in [0.1, 0.15) is 32.5 Å². The second kappa shape index (κ2) is 7.68. The molecule has 6 heteroatoms. The molecule has 0 spiro atoms. The van der Waals surface area contributed by atoms with Crippen molar-refractivity contribution in [1.29, 1.82) is 0 Å². The van der Waals surface area contributed by atoms with Crippen LogP contribution in [0.4, 0.5) is 0 Å². The van der Waals surface area contributed by atoms with Gasteiger partial charge in [0.1, 0.15) is 5.69 Å². The third-order valence-corrected chi connectivity index (χ3v) is 3.83. The number of methoxy groups -OCH3 is 1. The SMILES string of the molecule is CCNC(c1nccnc1OC)C1CN(C(C)C)CCO1. The fourth-order valence-corrected chi connectivity index (χ4v) is 2.70. The summed E-state index contributed by atoms with van der Waals surface area (Å²) in [6, 6.07) is 0.502. The minimum Gasteiger partial charge on any atom is -0.480 e. The van der Waals surface area contributed by atoms with Gasteiger partial charge in [0, 0.05) is 31.5 Å². The molecule has 0 bridgehead atoms. The number of nitrogens with zero attached hydrogens (tertiary/aromatic N) is 3. The van der Waals surface area contributed by atoms with Crippen LogP contribution in [0.5, 0.6) is 5.88 Å². The van der Waals surface area contributed by atoms with Gasteiger partial charge in [-0.15, -0.1) is 0 Å². The van der Waals surface area contributed by atoms with Crippen molar-refractivity contribution in [1.82, 2.24) is 20.2 Å². The molecule has 0 aromatic carbocycles. The highest BCUT2D eigenvalue weighted by Crippen LogP contribution is 2.26. The molecule has 2 atom stereocenters. The predicted octanol–water partition coefficient (Wildman–Crippen LogP) is 1.24. The fraction of sp³-hybridized carbons (Fsp3) is 0.733. The molecule has 0 aliphatic carbocycles. The number of nitrogens with one attached hydrogen (secondary N) is 1. The molecule has 1 aliphatic rings. The third kappa shape index (κ3) is 3.90. The Morgan fingerprint density at radius 1 is 1.43 bits per heavy atom. The number of hydrogen-bond acceptors (Lipinski definition) is 6. The molecular weight excluding hydrogens is 268 g/mol. The summed E-state index contributed by atoms with van der Waals surface area (Å²) in [5.74, 6) is 0.564. The summed E-state index contributed by atoms with van der Waals surface area (Å²) in [6.07, 6.45) is 3.39. The van der Waals surface area contributed by atoms with Crippen LogP contribution in [0, 0.1) is 0 Å². The monoisotopic (exact) mass is 294 g/mol. The summed E-state index contributed by atoms with van der Waals surface area (Å²) in [6.45, 7) is 9.96. The lowest BCUT2D eigenvalue weighted by Crippen LogP contribution is -2.50. The molecule has 1 aromatic rings. The lowest BCUT2D eigenvalue weighted by atomic mass is 10.0. The van der Waals surface area contributed by atoms with Crippen LogP contribution in [0.15, 0.2) is 12.4 Å². The Labute approximate surface area is 126 Å². The molecule has 0 amide bonds. The van der Waals surface area contributed by atoms with Crippen LogP contribution in [0.25, 0.3) is 0 Å². The summed E-state index contributed by atoms with van der Waals surface area (Å²) >= 11 is 0. The topological polar surface area (TPSA) is 59.5 Å². The fourth-order valence-electron chi connectivity index (χ4n) is 2.70. The maximum absolute atomic E-state index is 6.00. The van der Waals surface area contributed by atoms with Gasteiger partial charge in [-0.2, -0.15) is 0 Å². The molecule has 2 rings (SSSR count). The Balaban J connectivity index is 2.21. The van der Waals surface area contributed by atoms with Gasteiger partial charge in [-0.1, -0.05) is 6.92 Å². The zero-order valence-electron chi connectivity index (χ0n) is 13.4. The maximum atomic E-state index is 6.00. The van der Waals surface area contributed by atoms with E-state index >= 15 is 0 Å². The Morgan fingerprint density at radius 3 is 2.86 bits per heavy atom. The molecule has 118 valence electrons. The van der Waals surface area contributed by atoms with E-state index in [9.17, 15) is 0 Å². The minimum absolute atomic E-state index is 0.0137. The van der Waals surface area contributed by atoms with Gasteiger partial charge in [-0.3, -0.25) is 9.88 Å². The van der Waals surface area contributed by atoms with Gasteiger partial charge in [0.25, 0.3) is 0 Å². The quantitative estimate of drug-likeness (QED) is 0.852. The molecular formula is C15H26N4O2. The van der Waals surface area contributed by atoms with E-state index in [4.69, 9.17) is 9.47 Å². The Hall–Kier alpha value is -1.24. The van der Waals surface area contributed by atoms with E-state index in [2.05, 4.69) is 41.0 Å². The van der Waals surface area contributed by atoms with Crippen LogP contribution >= 0.6 is 0 Å². The van der Waals surface area contributed by atoms with Gasteiger partial charge in [-0.05, 0) is 20.4 Å². The molecule has 0 saturated carbocycles. The van der Waals surface area contributed by atoms with Crippen molar-refractivity contribution in [3.05, 3.63) is 18.1 Å². The Morgan fingerprint density at radius 2 is 2.19 bits per heavy atom. The van der Waals surface area contributed by atoms with Gasteiger partial charge in [0.15, 0.2) is 0 Å². The molecule has 1 aromatic heterocycles. The first kappa shape index (κ1) is 16.1. The van der Waals surface area contributed by atoms with E-state index in [1.807, 2.05) is 0 Å². The average Bonchev–Trinajstić information content (AvgIpc) is 2.52. The van der Waals surface area contributed by atoms with Crippen LogP contribution in [-0.4, -0.2) is 60.4 Å². The predicted molar refractivity (Wildman–Crippen MR) is 81.5 cm³/mol. The molecule has 6 nitrogen and oxygen atoms in total. The first-order chi connectivity index (χ1) is 10.2. The van der Waals surface area contributed by atoms with E-state index in [1.165, 1.54) is 0 Å². The second-order valence-corrected chi connectivity index (χ2v) is 5.48. The van der Waals surface area contributed by atoms with Crippen molar-refractivity contribution >= 4 is 0 Å². The Kier molecular flexibility index (Phi) is 5.90. The summed E-state index contributed by atoms with van der Waals surface area (Å²) in [5.41, 5.74) is 0.817. The molecule has 1 saturated heterocycles. The average molecular weight is 294 g/mol. The lowest BCUT2D eigenvalue weighted by molar-refractivity contribution is -0.0568. The normalized spacial score (nSPS) is 21.5. The molecule has 2 heterocycles. The van der Waals surface area contributed by atoms with Crippen molar-refractivity contribution in [3.8, 4) is 5.88 Å². The summed E-state index contributed by atoms with van der Waals surface area (Å²) in [7, 11) is 1.62. The molecule has 0 radical (unpaired) electrons. The molecule has 2 unspecified atom stereocenters. The van der Waals surface area contributed by atoms with Crippen molar-refractivity contribution in [2.45, 2.75) is 39.0 Å². The number of morpholine rings is 1. The van der Waals surface area contributed by atoms with E-state index in [0.717, 1.165) is 31.9 Å². The number of hydrogen-bond donors (Lipinski definition) is 1. The highest BCUT2D eigenvalue weighted by molar-refractivity contribution is 5.22. The second-order valence-electron chi connectivity index (χ2n) is 5.48. The zero-order chi connectivity index (χ0) is 15.2. The van der Waals surface area contributed by atoms with Gasteiger partial charge < -0.3 is 14.8 Å². The van der Waals surface area contributed by atoms with Crippen LogP contribution in [0.2, 0.25) is 0 Å². The highest BCUT2D eigenvalue weighted by atomic mass is 16.5. The van der Waals surface area contributed by atoms with Gasteiger partial charge >= 0.3 is 0 Å². The minimum atomic E-state index is -0.0137. The number of aromatic nitrogens is 2. The van der Waals surface area contributed by atoms with Crippen molar-refractivity contribution in [2.24, 2.45) is 0 Å². The first-order valence-electron chi connectivity index (χ1n) is 7.61. The zero-order valence-corrected chi connectivity index (χ0v) is 13.4.